The number of piperazine rings is 1. The van der Waals surface area contributed by atoms with Gasteiger partial charge < -0.3 is 44.1 Å². The number of likely N-dealkylation sites (N-methyl/N-ethyl adjacent to an activating group) is 1. The molecule has 0 aromatic heterocycles. The second-order valence-corrected chi connectivity index (χ2v) is 50.3. The molecule has 0 bridgehead atoms. The molecule has 0 radical (unpaired) electrons. The van der Waals surface area contributed by atoms with E-state index in [9.17, 15) is 17.6 Å². The van der Waals surface area contributed by atoms with Gasteiger partial charge in [-0.05, 0) is 444 Å². The minimum atomic E-state index is -2.40. The highest BCUT2D eigenvalue weighted by Gasteiger charge is 2.48. The number of hydrogen-bond acceptors (Lipinski definition) is 13. The first-order valence-electron chi connectivity index (χ1n) is 58.1. The summed E-state index contributed by atoms with van der Waals surface area (Å²) in [6.45, 7) is 106. The average Bonchev–Trinajstić information content (AvgIpc) is 0.781. The van der Waals surface area contributed by atoms with Crippen LogP contribution in [0.15, 0.2) is 54.6 Å². The zero-order valence-corrected chi connectivity index (χ0v) is 98.1. The van der Waals surface area contributed by atoms with Crippen molar-refractivity contribution in [2.75, 3.05) is 177 Å². The Morgan fingerprint density at radius 3 is 0.703 bits per heavy atom. The third-order valence-corrected chi connectivity index (χ3v) is 32.9. The molecule has 0 N–H and O–H groups in total. The molecule has 14 aliphatic rings. The van der Waals surface area contributed by atoms with Crippen LogP contribution in [0.25, 0.3) is 0 Å². The minimum Gasteiger partial charge on any atom is -0.304 e. The summed E-state index contributed by atoms with van der Waals surface area (Å²) in [5.74, 6) is -0.581. The number of halogens is 4. The quantitative estimate of drug-likeness (QED) is 0.169. The molecule has 16 rings (SSSR count). The maximum Gasteiger partial charge on any atom is 0.272 e. The SMILES string of the molecule is CC(C)N1CC(F)(F)C1.CC(C)N1CC2(CCC2)C1.CC(C)N1CC2(CCCCC2)C1.CC(C)N1CCC(C)(C)CC1.CC(C)N1CCC(F)(F)CC1.CC(C)N1CCCC1.CC(C)N1CCCCC1.CC(C)N1CCCCC1.CC(C)N1CCN(C)CC1.CC(C)c1ccccc1.CC1CCN(C(C)C)CC1.CC1CCN(C(C)C)CC1.CC1CCN(C(C)C)CC1.Cc1ccc(C(C)C)cc1. The highest BCUT2D eigenvalue weighted by molar-refractivity contribution is 5.23. The van der Waals surface area contributed by atoms with Crippen molar-refractivity contribution < 1.29 is 17.6 Å². The van der Waals surface area contributed by atoms with E-state index in [1.807, 2.05) is 33.8 Å². The topological polar surface area (TPSA) is 42.1 Å². The van der Waals surface area contributed by atoms with Crippen LogP contribution in [0.1, 0.15) is 424 Å². The number of nitrogens with zero attached hydrogens (tertiary/aromatic N) is 13. The zero-order valence-electron chi connectivity index (χ0n) is 98.1. The van der Waals surface area contributed by atoms with E-state index >= 15 is 0 Å². The van der Waals surface area contributed by atoms with Crippen LogP contribution in [-0.4, -0.2) is 325 Å². The highest BCUT2D eigenvalue weighted by atomic mass is 19.3. The molecule has 12 heterocycles. The Balaban J connectivity index is 0.000000383. The molecule has 812 valence electrons. The van der Waals surface area contributed by atoms with Crippen molar-refractivity contribution >= 4 is 0 Å². The molecular formula is C121H235F4N13. The Morgan fingerprint density at radius 2 is 0.464 bits per heavy atom. The summed E-state index contributed by atoms with van der Waals surface area (Å²) in [4.78, 5) is 31.9. The molecule has 0 atom stereocenters. The molecule has 0 amide bonds. The van der Waals surface area contributed by atoms with Crippen LogP contribution in [0.2, 0.25) is 0 Å². The van der Waals surface area contributed by atoms with Gasteiger partial charge in [-0.15, -0.1) is 0 Å². The van der Waals surface area contributed by atoms with Gasteiger partial charge in [-0.3, -0.25) is 19.6 Å². The van der Waals surface area contributed by atoms with E-state index < -0.39 is 11.8 Å². The Labute approximate surface area is 857 Å². The molecule has 2 aromatic rings. The maximum atomic E-state index is 12.6. The largest absolute Gasteiger partial charge is 0.304 e. The van der Waals surface area contributed by atoms with E-state index in [1.165, 1.54) is 315 Å². The van der Waals surface area contributed by atoms with Crippen LogP contribution < -0.4 is 0 Å². The zero-order chi connectivity index (χ0) is 104. The third kappa shape index (κ3) is 55.1. The molecule has 13 nitrogen and oxygen atoms in total. The number of hydrogen-bond donors (Lipinski definition) is 0. The monoisotopic (exact) mass is 1950 g/mol. The second-order valence-electron chi connectivity index (χ2n) is 50.3. The average molecular weight is 1950 g/mol. The lowest BCUT2D eigenvalue weighted by Gasteiger charge is -2.57. The maximum absolute atomic E-state index is 12.6. The van der Waals surface area contributed by atoms with Crippen LogP contribution in [-0.2, 0) is 0 Å². The second kappa shape index (κ2) is 68.3. The molecular weight excluding hydrogens is 1710 g/mol. The van der Waals surface area contributed by atoms with Crippen molar-refractivity contribution in [2.24, 2.45) is 34.0 Å². The van der Waals surface area contributed by atoms with E-state index in [1.54, 1.807) is 4.90 Å². The summed E-state index contributed by atoms with van der Waals surface area (Å²) in [6, 6.07) is 27.5. The molecule has 138 heavy (non-hydrogen) atoms. The number of aryl methyl sites for hydroxylation is 1. The molecule has 12 aliphatic heterocycles. The van der Waals surface area contributed by atoms with Crippen molar-refractivity contribution in [1.82, 2.24) is 63.7 Å². The lowest BCUT2D eigenvalue weighted by atomic mass is 9.63. The summed E-state index contributed by atoms with van der Waals surface area (Å²) >= 11 is 0. The van der Waals surface area contributed by atoms with Crippen molar-refractivity contribution in [2.45, 2.75) is 499 Å². The van der Waals surface area contributed by atoms with Gasteiger partial charge in [0.05, 0.1) is 13.1 Å². The fraction of sp³-hybridized carbons (Fsp3) is 0.901. The fourth-order valence-corrected chi connectivity index (χ4v) is 20.8. The molecule has 2 saturated carbocycles. The van der Waals surface area contributed by atoms with Crippen LogP contribution >= 0.6 is 0 Å². The van der Waals surface area contributed by atoms with Gasteiger partial charge in [-0.2, -0.15) is 0 Å². The molecule has 2 aromatic carbocycles. The van der Waals surface area contributed by atoms with Crippen LogP contribution in [0.3, 0.4) is 0 Å². The predicted octanol–water partition coefficient (Wildman–Crippen LogP) is 28.7. The first-order valence-corrected chi connectivity index (χ1v) is 58.1. The van der Waals surface area contributed by atoms with E-state index in [2.05, 4.69) is 322 Å². The lowest BCUT2D eigenvalue weighted by Crippen LogP contribution is -2.61. The van der Waals surface area contributed by atoms with Gasteiger partial charge in [0.1, 0.15) is 0 Å². The van der Waals surface area contributed by atoms with E-state index in [0.717, 1.165) is 89.0 Å². The number of rotatable bonds is 14. The van der Waals surface area contributed by atoms with E-state index in [4.69, 9.17) is 0 Å². The summed E-state index contributed by atoms with van der Waals surface area (Å²) in [6.07, 6.45) is 34.6. The molecule has 12 saturated heterocycles. The summed E-state index contributed by atoms with van der Waals surface area (Å²) in [5.41, 5.74) is 6.38. The molecule has 2 aliphatic carbocycles. The van der Waals surface area contributed by atoms with E-state index in [0.29, 0.717) is 36.4 Å². The third-order valence-electron chi connectivity index (χ3n) is 32.9. The number of likely N-dealkylation sites (tertiary alicyclic amines) is 11. The summed E-state index contributed by atoms with van der Waals surface area (Å²) in [5, 5.41) is 0. The first-order chi connectivity index (χ1) is 64.7. The Bertz CT molecular complexity index is 3010. The van der Waals surface area contributed by atoms with Crippen molar-refractivity contribution in [3.63, 3.8) is 0 Å². The fourth-order valence-electron chi connectivity index (χ4n) is 20.8. The Hall–Kier alpha value is -2.36. The van der Waals surface area contributed by atoms with Crippen molar-refractivity contribution in [3.05, 3.63) is 71.3 Å². The molecule has 2 spiro atoms. The lowest BCUT2D eigenvalue weighted by molar-refractivity contribution is -0.141. The molecule has 17 heteroatoms. The first kappa shape index (κ1) is 130. The summed E-state index contributed by atoms with van der Waals surface area (Å²) in [7, 11) is 2.19. The number of alkyl halides is 4. The Morgan fingerprint density at radius 1 is 0.232 bits per heavy atom. The normalized spacial score (nSPS) is 23.3. The summed E-state index contributed by atoms with van der Waals surface area (Å²) < 4.78 is 49.4. The van der Waals surface area contributed by atoms with Gasteiger partial charge in [0.25, 0.3) is 11.8 Å². The standard InChI is InChI=1S/C11H21N.C10H21N.C10H14.C9H17N.3C9H19N.C9H12.C8H15F2N.C8H18N2.2C8H17N.C7H15N.C6H11F2N/c1-10(2)12-8-11(9-12)6-4-3-5-7-11;1-9(2)11-7-5-10(3,4)6-8-11;1-8(2)10-6-4-9(3)5-7-10;1-8(2)10-6-9(7-10)4-3-5-9;3*1-8(2)10-6-4-9(3)5-7-10;1-8(2)9-6-4-3-5-7-9;1-7(2)11-5-3-8(9,10)4-6-11;1-8(2)10-6-4-9(3)5-7-10;2*1-8(2)9-6-4-3-5-7-9;1-7(2)8-5-3-4-6-8;1-5(2)9-3-6(7,8)4-9/h10H,3-9H2,1-2H3;9H,5-8H2,1-4H3;4-8H,1-3H3;8H,3-7H2,1-2H3;3*8-9H,4-7H2,1-3H3;3-8H,1-2H3;7H,3-6H2,1-2H3;8H,4-7H2,1-3H3;2*8H,3-7H2,1-2H3;7H,3-6H2,1-2H3;5H,3-4H2,1-2H3. The predicted molar refractivity (Wildman–Crippen MR) is 600 cm³/mol. The van der Waals surface area contributed by atoms with Crippen molar-refractivity contribution in [1.29, 1.82) is 0 Å². The van der Waals surface area contributed by atoms with Gasteiger partial charge in [0.15, 0.2) is 0 Å². The van der Waals surface area contributed by atoms with Gasteiger partial charge in [0.2, 0.25) is 0 Å². The smallest absolute Gasteiger partial charge is 0.272 e. The van der Waals surface area contributed by atoms with Gasteiger partial charge in [0, 0.05) is 151 Å². The van der Waals surface area contributed by atoms with Crippen LogP contribution in [0.5, 0.6) is 0 Å². The van der Waals surface area contributed by atoms with Gasteiger partial charge in [-0.25, -0.2) is 17.6 Å². The van der Waals surface area contributed by atoms with Gasteiger partial charge >= 0.3 is 0 Å². The minimum absolute atomic E-state index is 0.0329. The number of benzene rings is 2. The molecule has 14 fully saturated rings. The van der Waals surface area contributed by atoms with Crippen LogP contribution in [0, 0.1) is 40.9 Å². The van der Waals surface area contributed by atoms with Crippen LogP contribution in [0.4, 0.5) is 17.6 Å². The number of piperidine rings is 7. The molecule has 0 unspecified atom stereocenters. The Kier molecular flexibility index (Phi) is 64.2. The van der Waals surface area contributed by atoms with E-state index in [-0.39, 0.29) is 32.0 Å². The highest BCUT2D eigenvalue weighted by Crippen LogP contribution is 2.49. The van der Waals surface area contributed by atoms with Gasteiger partial charge in [-0.1, -0.05) is 161 Å². The van der Waals surface area contributed by atoms with Crippen molar-refractivity contribution in [3.8, 4) is 0 Å².